The van der Waals surface area contributed by atoms with Gasteiger partial charge < -0.3 is 4.90 Å². The van der Waals surface area contributed by atoms with Crippen LogP contribution in [0.3, 0.4) is 0 Å². The van der Waals surface area contributed by atoms with E-state index < -0.39 is 21.5 Å². The van der Waals surface area contributed by atoms with Gasteiger partial charge in [-0.25, -0.2) is 8.42 Å². The molecule has 0 radical (unpaired) electrons. The van der Waals surface area contributed by atoms with E-state index >= 15 is 0 Å². The molecule has 1 aliphatic rings. The van der Waals surface area contributed by atoms with Crippen molar-refractivity contribution in [1.82, 2.24) is 0 Å². The van der Waals surface area contributed by atoms with E-state index in [2.05, 4.69) is 0 Å². The molecule has 0 aliphatic carbocycles. The number of hydrogen-bond donors (Lipinski definition) is 0. The van der Waals surface area contributed by atoms with E-state index in [0.29, 0.717) is 6.42 Å². The number of amides is 1. The van der Waals surface area contributed by atoms with Gasteiger partial charge in [-0.2, -0.15) is 0 Å². The number of sulfonamides is 1. The number of nitro benzene ring substituents is 1. The van der Waals surface area contributed by atoms with Crippen molar-refractivity contribution in [2.45, 2.75) is 19.4 Å². The number of nitro groups is 1. The quantitative estimate of drug-likeness (QED) is 0.577. The third-order valence-electron chi connectivity index (χ3n) is 4.48. The van der Waals surface area contributed by atoms with Gasteiger partial charge in [-0.1, -0.05) is 24.3 Å². The van der Waals surface area contributed by atoms with Crippen molar-refractivity contribution in [3.63, 3.8) is 0 Å². The molecule has 1 atom stereocenters. The Bertz CT molecular complexity index is 1010. The maximum atomic E-state index is 13.0. The number of para-hydroxylation sites is 1. The molecule has 2 aromatic rings. The normalized spacial score (nSPS) is 16.1. The van der Waals surface area contributed by atoms with Crippen LogP contribution >= 0.6 is 0 Å². The molecule has 142 valence electrons. The summed E-state index contributed by atoms with van der Waals surface area (Å²) in [5, 5.41) is 11.0. The van der Waals surface area contributed by atoms with E-state index in [1.54, 1.807) is 4.90 Å². The monoisotopic (exact) mass is 389 g/mol. The third-order valence-corrected chi connectivity index (χ3v) is 5.62. The fraction of sp³-hybridized carbons (Fsp3) is 0.278. The second-order valence-corrected chi connectivity index (χ2v) is 8.40. The highest BCUT2D eigenvalue weighted by atomic mass is 32.2. The number of carbonyl (C=O) groups excluding carboxylic acids is 1. The van der Waals surface area contributed by atoms with Crippen molar-refractivity contribution < 1.29 is 18.1 Å². The summed E-state index contributed by atoms with van der Waals surface area (Å²) in [6.45, 7) is 1.47. The zero-order valence-corrected chi connectivity index (χ0v) is 15.7. The lowest BCUT2D eigenvalue weighted by molar-refractivity contribution is -0.384. The van der Waals surface area contributed by atoms with Gasteiger partial charge in [0.1, 0.15) is 6.54 Å². The predicted octanol–water partition coefficient (Wildman–Crippen LogP) is 2.34. The number of fused-ring (bicyclic) bond motifs is 1. The lowest BCUT2D eigenvalue weighted by atomic mass is 10.1. The minimum absolute atomic E-state index is 0.0835. The number of anilines is 2. The summed E-state index contributed by atoms with van der Waals surface area (Å²) in [7, 11) is -3.82. The first-order valence-corrected chi connectivity index (χ1v) is 10.2. The molecule has 1 aliphatic heterocycles. The molecule has 3 rings (SSSR count). The standard InChI is InChI=1S/C18H19N3O5S/c1-13-10-14-6-3-4-9-17(14)20(13)18(22)12-19(27(2,25)26)15-7-5-8-16(11-15)21(23)24/h3-9,11,13H,10,12H2,1-2H3/t13-/m0/s1. The molecule has 27 heavy (non-hydrogen) atoms. The maximum Gasteiger partial charge on any atom is 0.271 e. The van der Waals surface area contributed by atoms with Crippen LogP contribution in [0, 0.1) is 10.1 Å². The van der Waals surface area contributed by atoms with Gasteiger partial charge in [0.05, 0.1) is 16.9 Å². The SMILES string of the molecule is C[C@H]1Cc2ccccc2N1C(=O)CN(c1cccc([N+](=O)[O-])c1)S(C)(=O)=O. The van der Waals surface area contributed by atoms with Gasteiger partial charge in [-0.3, -0.25) is 19.2 Å². The van der Waals surface area contributed by atoms with Gasteiger partial charge in [0.25, 0.3) is 5.69 Å². The average molecular weight is 389 g/mol. The second kappa shape index (κ2) is 6.99. The van der Waals surface area contributed by atoms with E-state index in [9.17, 15) is 23.3 Å². The van der Waals surface area contributed by atoms with Crippen LogP contribution in [0.25, 0.3) is 0 Å². The highest BCUT2D eigenvalue weighted by molar-refractivity contribution is 7.92. The number of hydrogen-bond acceptors (Lipinski definition) is 5. The van der Waals surface area contributed by atoms with Gasteiger partial charge in [-0.15, -0.1) is 0 Å². The Kier molecular flexibility index (Phi) is 4.88. The number of nitrogens with zero attached hydrogens (tertiary/aromatic N) is 3. The van der Waals surface area contributed by atoms with Crippen LogP contribution in [-0.2, 0) is 21.2 Å². The minimum Gasteiger partial charge on any atom is -0.307 e. The summed E-state index contributed by atoms with van der Waals surface area (Å²) in [4.78, 5) is 24.9. The summed E-state index contributed by atoms with van der Waals surface area (Å²) in [5.74, 6) is -0.385. The smallest absolute Gasteiger partial charge is 0.271 e. The molecule has 0 bridgehead atoms. The van der Waals surface area contributed by atoms with Crippen LogP contribution in [0.4, 0.5) is 17.1 Å². The zero-order valence-electron chi connectivity index (χ0n) is 14.9. The topological polar surface area (TPSA) is 101 Å². The first kappa shape index (κ1) is 18.8. The van der Waals surface area contributed by atoms with Crippen molar-refractivity contribution >= 4 is 33.0 Å². The number of rotatable bonds is 5. The van der Waals surface area contributed by atoms with E-state index in [1.165, 1.54) is 18.2 Å². The molecule has 0 saturated heterocycles. The van der Waals surface area contributed by atoms with Crippen LogP contribution in [0.2, 0.25) is 0 Å². The number of benzene rings is 2. The molecule has 0 aromatic heterocycles. The summed E-state index contributed by atoms with van der Waals surface area (Å²) in [6.07, 6.45) is 1.66. The summed E-state index contributed by atoms with van der Waals surface area (Å²) < 4.78 is 25.5. The van der Waals surface area contributed by atoms with Crippen molar-refractivity contribution in [3.05, 3.63) is 64.2 Å². The molecule has 0 spiro atoms. The maximum absolute atomic E-state index is 13.0. The number of carbonyl (C=O) groups is 1. The lowest BCUT2D eigenvalue weighted by Crippen LogP contribution is -2.45. The Morgan fingerprint density at radius 2 is 1.96 bits per heavy atom. The van der Waals surface area contributed by atoms with Crippen LogP contribution < -0.4 is 9.21 Å². The van der Waals surface area contributed by atoms with E-state index in [0.717, 1.165) is 27.9 Å². The molecular formula is C18H19N3O5S. The van der Waals surface area contributed by atoms with Crippen molar-refractivity contribution in [2.75, 3.05) is 22.0 Å². The van der Waals surface area contributed by atoms with Gasteiger partial charge in [0, 0.05) is 23.9 Å². The van der Waals surface area contributed by atoms with E-state index in [4.69, 9.17) is 0 Å². The molecule has 0 N–H and O–H groups in total. The Morgan fingerprint density at radius 1 is 1.26 bits per heavy atom. The van der Waals surface area contributed by atoms with Crippen molar-refractivity contribution in [2.24, 2.45) is 0 Å². The minimum atomic E-state index is -3.82. The van der Waals surface area contributed by atoms with Gasteiger partial charge in [0.2, 0.25) is 15.9 Å². The molecule has 0 unspecified atom stereocenters. The first-order valence-electron chi connectivity index (χ1n) is 8.30. The Hall–Kier alpha value is -2.94. The Balaban J connectivity index is 1.94. The molecule has 0 fully saturated rings. The fourth-order valence-corrected chi connectivity index (χ4v) is 4.15. The summed E-state index contributed by atoms with van der Waals surface area (Å²) in [5.41, 5.74) is 1.63. The van der Waals surface area contributed by atoms with Gasteiger partial charge in [0.15, 0.2) is 0 Å². The van der Waals surface area contributed by atoms with Gasteiger partial charge >= 0.3 is 0 Å². The molecule has 8 nitrogen and oxygen atoms in total. The summed E-state index contributed by atoms with van der Waals surface area (Å²) in [6, 6.07) is 12.6. The first-order chi connectivity index (χ1) is 12.7. The van der Waals surface area contributed by atoms with Gasteiger partial charge in [-0.05, 0) is 31.0 Å². The summed E-state index contributed by atoms with van der Waals surface area (Å²) >= 11 is 0. The number of non-ortho nitro benzene ring substituents is 1. The molecule has 1 heterocycles. The fourth-order valence-electron chi connectivity index (χ4n) is 3.31. The van der Waals surface area contributed by atoms with Crippen LogP contribution in [0.5, 0.6) is 0 Å². The second-order valence-electron chi connectivity index (χ2n) is 6.49. The Labute approximate surface area is 157 Å². The van der Waals surface area contributed by atoms with Crippen molar-refractivity contribution in [1.29, 1.82) is 0 Å². The molecule has 1 amide bonds. The lowest BCUT2D eigenvalue weighted by Gasteiger charge is -2.27. The molecular weight excluding hydrogens is 370 g/mol. The zero-order chi connectivity index (χ0) is 19.8. The van der Waals surface area contributed by atoms with Crippen LogP contribution in [0.1, 0.15) is 12.5 Å². The molecule has 2 aromatic carbocycles. The third kappa shape index (κ3) is 3.77. The predicted molar refractivity (Wildman–Crippen MR) is 102 cm³/mol. The van der Waals surface area contributed by atoms with E-state index in [1.807, 2.05) is 31.2 Å². The molecule has 9 heteroatoms. The van der Waals surface area contributed by atoms with Crippen molar-refractivity contribution in [3.8, 4) is 0 Å². The Morgan fingerprint density at radius 3 is 2.63 bits per heavy atom. The average Bonchev–Trinajstić information content (AvgIpc) is 2.94. The van der Waals surface area contributed by atoms with Crippen LogP contribution in [-0.4, -0.2) is 38.1 Å². The molecule has 0 saturated carbocycles. The largest absolute Gasteiger partial charge is 0.307 e. The highest BCUT2D eigenvalue weighted by Gasteiger charge is 2.33. The van der Waals surface area contributed by atoms with Crippen LogP contribution in [0.15, 0.2) is 48.5 Å². The highest BCUT2D eigenvalue weighted by Crippen LogP contribution is 2.32. The van der Waals surface area contributed by atoms with E-state index in [-0.39, 0.29) is 23.3 Å².